The van der Waals surface area contributed by atoms with Crippen LogP contribution in [0.5, 0.6) is 0 Å². The number of hydrogen-bond donors (Lipinski definition) is 1. The molecule has 0 fully saturated rings. The van der Waals surface area contributed by atoms with E-state index < -0.39 is 0 Å². The first-order chi connectivity index (χ1) is 13.4. The lowest BCUT2D eigenvalue weighted by Crippen LogP contribution is -2.17. The van der Waals surface area contributed by atoms with Crippen molar-refractivity contribution >= 4 is 56.2 Å². The Morgan fingerprint density at radius 1 is 1.21 bits per heavy atom. The average molecular weight is 429 g/mol. The van der Waals surface area contributed by atoms with Gasteiger partial charge < -0.3 is 9.88 Å². The molecule has 1 N–H and O–H groups in total. The Hall–Kier alpha value is -2.49. The van der Waals surface area contributed by atoms with Crippen molar-refractivity contribution in [3.63, 3.8) is 0 Å². The third-order valence-corrected chi connectivity index (χ3v) is 7.40. The highest BCUT2D eigenvalue weighted by molar-refractivity contribution is 8.01. The summed E-state index contributed by atoms with van der Waals surface area (Å²) in [4.78, 5) is 35.9. The molecule has 0 aliphatic heterocycles. The molecule has 0 saturated heterocycles. The lowest BCUT2D eigenvalue weighted by atomic mass is 10.2. The Kier molecular flexibility index (Phi) is 5.05. The van der Waals surface area contributed by atoms with Crippen molar-refractivity contribution < 1.29 is 4.79 Å². The number of carbonyl (C=O) groups is 1. The second-order valence-corrected chi connectivity index (χ2v) is 9.41. The molecule has 3 aromatic heterocycles. The number of anilines is 1. The number of amides is 1. The molecular formula is C19H16N4O2S3. The first-order valence-corrected chi connectivity index (χ1v) is 10.9. The number of hydrogen-bond acceptors (Lipinski definition) is 7. The van der Waals surface area contributed by atoms with Gasteiger partial charge in [0, 0.05) is 28.7 Å². The van der Waals surface area contributed by atoms with E-state index in [1.807, 2.05) is 36.6 Å². The van der Waals surface area contributed by atoms with Gasteiger partial charge >= 0.3 is 0 Å². The fraction of sp³-hybridized carbons (Fsp3) is 0.158. The number of benzene rings is 1. The van der Waals surface area contributed by atoms with E-state index in [9.17, 15) is 9.59 Å². The normalized spacial score (nSPS) is 11.1. The van der Waals surface area contributed by atoms with E-state index in [0.717, 1.165) is 14.9 Å². The summed E-state index contributed by atoms with van der Waals surface area (Å²) < 4.78 is 2.41. The van der Waals surface area contributed by atoms with E-state index in [2.05, 4.69) is 15.3 Å². The molecule has 3 heterocycles. The molecule has 4 rings (SSSR count). The van der Waals surface area contributed by atoms with E-state index in [1.54, 1.807) is 37.1 Å². The number of carbonyl (C=O) groups excluding carboxylic acids is 1. The van der Waals surface area contributed by atoms with E-state index in [-0.39, 0.29) is 11.5 Å². The van der Waals surface area contributed by atoms with Gasteiger partial charge in [0.25, 0.3) is 11.5 Å². The highest BCUT2D eigenvalue weighted by Crippen LogP contribution is 2.31. The largest absolute Gasteiger partial charge is 0.321 e. The van der Waals surface area contributed by atoms with Crippen molar-refractivity contribution in [2.24, 2.45) is 7.05 Å². The van der Waals surface area contributed by atoms with E-state index >= 15 is 0 Å². The smallest absolute Gasteiger partial charge is 0.266 e. The molecule has 0 radical (unpaired) electrons. The number of rotatable bonds is 4. The SMILES string of the molecule is Cc1csc(Sc2ccc(NC(=O)c3sc4ncn(C)c(=O)c4c3C)cc2)n1. The van der Waals surface area contributed by atoms with Crippen LogP contribution in [-0.4, -0.2) is 20.4 Å². The highest BCUT2D eigenvalue weighted by atomic mass is 32.2. The van der Waals surface area contributed by atoms with E-state index in [4.69, 9.17) is 0 Å². The molecular weight excluding hydrogens is 412 g/mol. The minimum atomic E-state index is -0.237. The molecule has 0 atom stereocenters. The maximum atomic E-state index is 12.7. The molecule has 6 nitrogen and oxygen atoms in total. The van der Waals surface area contributed by atoms with Crippen LogP contribution in [0.15, 0.2) is 50.0 Å². The lowest BCUT2D eigenvalue weighted by Gasteiger charge is -2.05. The zero-order valence-corrected chi connectivity index (χ0v) is 17.8. The summed E-state index contributed by atoms with van der Waals surface area (Å²) >= 11 is 4.44. The first kappa shape index (κ1) is 18.9. The Bertz CT molecular complexity index is 1240. The molecule has 0 aliphatic rings. The third-order valence-electron chi connectivity index (χ3n) is 4.13. The fourth-order valence-electron chi connectivity index (χ4n) is 2.70. The summed E-state index contributed by atoms with van der Waals surface area (Å²) in [5.74, 6) is -0.237. The van der Waals surface area contributed by atoms with Crippen LogP contribution in [0.4, 0.5) is 5.69 Å². The number of aromatic nitrogens is 3. The molecule has 1 aromatic carbocycles. The van der Waals surface area contributed by atoms with Gasteiger partial charge in [0.1, 0.15) is 4.83 Å². The average Bonchev–Trinajstić information content (AvgIpc) is 3.23. The van der Waals surface area contributed by atoms with Crippen LogP contribution in [0.25, 0.3) is 10.2 Å². The standard InChI is InChI=1S/C19H16N4O2S3/c1-10-8-26-19(21-10)27-13-6-4-12(5-7-13)22-16(24)15-11(2)14-17(28-15)20-9-23(3)18(14)25/h4-9H,1-3H3,(H,22,24). The molecule has 0 unspecified atom stereocenters. The molecule has 1 amide bonds. The second kappa shape index (κ2) is 7.50. The molecule has 0 spiro atoms. The van der Waals surface area contributed by atoms with Gasteiger partial charge in [0.15, 0.2) is 4.34 Å². The van der Waals surface area contributed by atoms with Gasteiger partial charge in [0.05, 0.1) is 16.6 Å². The summed E-state index contributed by atoms with van der Waals surface area (Å²) in [5.41, 5.74) is 2.23. The van der Waals surface area contributed by atoms with Crippen LogP contribution in [0.3, 0.4) is 0 Å². The summed E-state index contributed by atoms with van der Waals surface area (Å²) in [7, 11) is 1.65. The number of nitrogens with zero attached hydrogens (tertiary/aromatic N) is 3. The molecule has 0 saturated carbocycles. The number of thiophene rings is 1. The van der Waals surface area contributed by atoms with Gasteiger partial charge in [-0.05, 0) is 43.7 Å². The Labute approximate surface area is 173 Å². The zero-order chi connectivity index (χ0) is 19.8. The van der Waals surface area contributed by atoms with Crippen LogP contribution in [0.1, 0.15) is 20.9 Å². The number of nitrogens with one attached hydrogen (secondary N) is 1. The monoisotopic (exact) mass is 428 g/mol. The predicted molar refractivity (Wildman–Crippen MR) is 115 cm³/mol. The van der Waals surface area contributed by atoms with Crippen molar-refractivity contribution in [2.45, 2.75) is 23.1 Å². The topological polar surface area (TPSA) is 76.9 Å². The molecule has 9 heteroatoms. The summed E-state index contributed by atoms with van der Waals surface area (Å²) in [6, 6.07) is 7.62. The van der Waals surface area contributed by atoms with Crippen molar-refractivity contribution in [1.29, 1.82) is 0 Å². The van der Waals surface area contributed by atoms with Crippen LogP contribution in [0, 0.1) is 13.8 Å². The highest BCUT2D eigenvalue weighted by Gasteiger charge is 2.19. The van der Waals surface area contributed by atoms with Gasteiger partial charge in [-0.1, -0.05) is 11.8 Å². The molecule has 0 aliphatic carbocycles. The number of fused-ring (bicyclic) bond motifs is 1. The fourth-order valence-corrected chi connectivity index (χ4v) is 5.54. The van der Waals surface area contributed by atoms with Gasteiger partial charge in [-0.15, -0.1) is 22.7 Å². The molecule has 142 valence electrons. The quantitative estimate of drug-likeness (QED) is 0.519. The maximum absolute atomic E-state index is 12.7. The van der Waals surface area contributed by atoms with Crippen LogP contribution in [-0.2, 0) is 7.05 Å². The summed E-state index contributed by atoms with van der Waals surface area (Å²) in [6.07, 6.45) is 1.47. The first-order valence-electron chi connectivity index (χ1n) is 8.38. The van der Waals surface area contributed by atoms with Gasteiger partial charge in [-0.3, -0.25) is 9.59 Å². The van der Waals surface area contributed by atoms with Gasteiger partial charge in [-0.25, -0.2) is 9.97 Å². The number of aryl methyl sites for hydroxylation is 3. The maximum Gasteiger partial charge on any atom is 0.266 e. The number of thiazole rings is 1. The summed E-state index contributed by atoms with van der Waals surface area (Å²) in [5, 5.41) is 5.43. The molecule has 0 bridgehead atoms. The van der Waals surface area contributed by atoms with Crippen molar-refractivity contribution in [3.05, 3.63) is 62.5 Å². The lowest BCUT2D eigenvalue weighted by molar-refractivity contribution is 0.103. The minimum absolute atomic E-state index is 0.142. The Morgan fingerprint density at radius 3 is 2.64 bits per heavy atom. The summed E-state index contributed by atoms with van der Waals surface area (Å²) in [6.45, 7) is 3.76. The van der Waals surface area contributed by atoms with Gasteiger partial charge in [-0.2, -0.15) is 0 Å². The van der Waals surface area contributed by atoms with Crippen LogP contribution in [0.2, 0.25) is 0 Å². The van der Waals surface area contributed by atoms with E-state index in [0.29, 0.717) is 26.3 Å². The van der Waals surface area contributed by atoms with Crippen molar-refractivity contribution in [1.82, 2.24) is 14.5 Å². The predicted octanol–water partition coefficient (Wildman–Crippen LogP) is 4.47. The minimum Gasteiger partial charge on any atom is -0.321 e. The Morgan fingerprint density at radius 2 is 1.96 bits per heavy atom. The van der Waals surface area contributed by atoms with Crippen molar-refractivity contribution in [3.8, 4) is 0 Å². The van der Waals surface area contributed by atoms with Crippen LogP contribution >= 0.6 is 34.4 Å². The van der Waals surface area contributed by atoms with Crippen molar-refractivity contribution in [2.75, 3.05) is 5.32 Å². The molecule has 4 aromatic rings. The molecule has 28 heavy (non-hydrogen) atoms. The van der Waals surface area contributed by atoms with Crippen LogP contribution < -0.4 is 10.9 Å². The van der Waals surface area contributed by atoms with Gasteiger partial charge in [0.2, 0.25) is 0 Å². The van der Waals surface area contributed by atoms with E-state index in [1.165, 1.54) is 22.2 Å². The second-order valence-electron chi connectivity index (χ2n) is 6.23. The third kappa shape index (κ3) is 3.60. The zero-order valence-electron chi connectivity index (χ0n) is 15.3. The Balaban J connectivity index is 1.54.